The van der Waals surface area contributed by atoms with Gasteiger partial charge < -0.3 is 9.47 Å². The van der Waals surface area contributed by atoms with Crippen molar-refractivity contribution in [3.05, 3.63) is 10.1 Å². The molecule has 0 N–H and O–H groups in total. The summed E-state index contributed by atoms with van der Waals surface area (Å²) < 4.78 is 8.81. The van der Waals surface area contributed by atoms with E-state index in [9.17, 15) is 19.7 Å². The molecule has 1 fully saturated rings. The highest BCUT2D eigenvalue weighted by Crippen LogP contribution is 2.20. The summed E-state index contributed by atoms with van der Waals surface area (Å²) in [5.74, 6) is -2.19. The Morgan fingerprint density at radius 3 is 2.79 bits per heavy atom. The summed E-state index contributed by atoms with van der Waals surface area (Å²) in [5, 5.41) is 10.5. The lowest BCUT2D eigenvalue weighted by molar-refractivity contribution is -0.519. The number of nitrogens with zero attached hydrogens (tertiary/aromatic N) is 1. The molecule has 1 saturated heterocycles. The molecule has 0 amide bonds. The van der Waals surface area contributed by atoms with E-state index in [4.69, 9.17) is 0 Å². The number of carbonyl (C=O) groups is 2. The molecule has 0 spiro atoms. The maximum atomic E-state index is 11.0. The summed E-state index contributed by atoms with van der Waals surface area (Å²) in [6, 6.07) is -1.51. The Morgan fingerprint density at radius 2 is 2.43 bits per heavy atom. The number of nitro groups is 1. The van der Waals surface area contributed by atoms with E-state index >= 15 is 0 Å². The van der Waals surface area contributed by atoms with Crippen LogP contribution in [-0.2, 0) is 19.1 Å². The molecule has 1 aliphatic heterocycles. The number of ether oxygens (including phenoxy) is 2. The van der Waals surface area contributed by atoms with Gasteiger partial charge in [0.15, 0.2) is 0 Å². The Hall–Kier alpha value is -1.66. The monoisotopic (exact) mass is 203 g/mol. The van der Waals surface area contributed by atoms with Crippen LogP contribution in [0, 0.1) is 16.0 Å². The molecule has 7 nitrogen and oxygen atoms in total. The highest BCUT2D eigenvalue weighted by atomic mass is 16.6. The second-order valence-electron chi connectivity index (χ2n) is 2.90. The van der Waals surface area contributed by atoms with Crippen LogP contribution >= 0.6 is 0 Å². The summed E-state index contributed by atoms with van der Waals surface area (Å²) in [6.45, 7) is -0.0976. The van der Waals surface area contributed by atoms with Crippen LogP contribution in [0.2, 0.25) is 0 Å². The van der Waals surface area contributed by atoms with Gasteiger partial charge in [-0.25, -0.2) is 4.79 Å². The molecule has 1 aliphatic rings. The van der Waals surface area contributed by atoms with Gasteiger partial charge >= 0.3 is 18.0 Å². The summed E-state index contributed by atoms with van der Waals surface area (Å²) in [7, 11) is 1.07. The minimum atomic E-state index is -1.51. The normalized spacial score (nSPS) is 22.6. The Bertz CT molecular complexity index is 275. The van der Waals surface area contributed by atoms with Crippen molar-refractivity contribution in [3.8, 4) is 0 Å². The van der Waals surface area contributed by atoms with E-state index in [1.807, 2.05) is 0 Å². The van der Waals surface area contributed by atoms with E-state index in [1.165, 1.54) is 0 Å². The number of methoxy groups -OCH3 is 1. The maximum Gasteiger partial charge on any atom is 0.381 e. The molecule has 7 heteroatoms. The predicted molar refractivity (Wildman–Crippen MR) is 41.9 cm³/mol. The van der Waals surface area contributed by atoms with E-state index in [1.54, 1.807) is 0 Å². The van der Waals surface area contributed by atoms with Gasteiger partial charge in [-0.3, -0.25) is 14.9 Å². The molecule has 0 aliphatic carbocycles. The molecule has 0 aromatic heterocycles. The van der Waals surface area contributed by atoms with Gasteiger partial charge in [-0.15, -0.1) is 0 Å². The van der Waals surface area contributed by atoms with Crippen molar-refractivity contribution >= 4 is 11.9 Å². The van der Waals surface area contributed by atoms with Gasteiger partial charge in [0.2, 0.25) is 0 Å². The molecule has 1 rings (SSSR count). The molecule has 0 aromatic rings. The summed E-state index contributed by atoms with van der Waals surface area (Å²) in [6.07, 6.45) is -0.110. The largest absolute Gasteiger partial charge is 0.465 e. The van der Waals surface area contributed by atoms with Gasteiger partial charge in [-0.1, -0.05) is 0 Å². The van der Waals surface area contributed by atoms with Gasteiger partial charge in [-0.05, 0) is 0 Å². The first-order valence-corrected chi connectivity index (χ1v) is 3.93. The molecule has 0 aromatic carbocycles. The highest BCUT2D eigenvalue weighted by molar-refractivity contribution is 5.78. The van der Waals surface area contributed by atoms with Crippen molar-refractivity contribution in [2.75, 3.05) is 13.7 Å². The Labute approximate surface area is 79.1 Å². The zero-order valence-corrected chi connectivity index (χ0v) is 7.47. The molecule has 0 radical (unpaired) electrons. The van der Waals surface area contributed by atoms with Crippen molar-refractivity contribution in [2.45, 2.75) is 12.5 Å². The fourth-order valence-electron chi connectivity index (χ4n) is 1.31. The third-order valence-electron chi connectivity index (χ3n) is 2.00. The SMILES string of the molecule is COC(=O)C([C@@H]1COC(=O)C1)[N+](=O)[O-]. The fourth-order valence-corrected chi connectivity index (χ4v) is 1.31. The minimum absolute atomic E-state index is 0.0976. The van der Waals surface area contributed by atoms with Crippen molar-refractivity contribution in [1.82, 2.24) is 0 Å². The third kappa shape index (κ3) is 1.98. The first-order chi connectivity index (χ1) is 6.56. The van der Waals surface area contributed by atoms with Crippen LogP contribution in [-0.4, -0.2) is 36.6 Å². The van der Waals surface area contributed by atoms with Gasteiger partial charge in [-0.2, -0.15) is 0 Å². The summed E-state index contributed by atoms with van der Waals surface area (Å²) in [5.41, 5.74) is 0. The third-order valence-corrected chi connectivity index (χ3v) is 2.00. The summed E-state index contributed by atoms with van der Waals surface area (Å²) >= 11 is 0. The van der Waals surface area contributed by atoms with Crippen LogP contribution in [0.4, 0.5) is 0 Å². The lowest BCUT2D eigenvalue weighted by Gasteiger charge is -2.10. The molecule has 0 saturated carbocycles. The van der Waals surface area contributed by atoms with Gasteiger partial charge in [0.1, 0.15) is 6.61 Å². The van der Waals surface area contributed by atoms with E-state index in [0.29, 0.717) is 0 Å². The Kier molecular flexibility index (Phi) is 3.00. The molecular weight excluding hydrogens is 194 g/mol. The minimum Gasteiger partial charge on any atom is -0.465 e. The quantitative estimate of drug-likeness (QED) is 0.344. The van der Waals surface area contributed by atoms with Crippen LogP contribution < -0.4 is 0 Å². The highest BCUT2D eigenvalue weighted by Gasteiger charge is 2.44. The second-order valence-corrected chi connectivity index (χ2v) is 2.90. The van der Waals surface area contributed by atoms with Gasteiger partial charge in [0.25, 0.3) is 0 Å². The smallest absolute Gasteiger partial charge is 0.381 e. The van der Waals surface area contributed by atoms with Crippen molar-refractivity contribution in [3.63, 3.8) is 0 Å². The Morgan fingerprint density at radius 1 is 1.79 bits per heavy atom. The van der Waals surface area contributed by atoms with E-state index < -0.39 is 28.8 Å². The lowest BCUT2D eigenvalue weighted by atomic mass is 10.00. The average Bonchev–Trinajstić information content (AvgIpc) is 2.51. The van der Waals surface area contributed by atoms with Crippen molar-refractivity contribution in [1.29, 1.82) is 0 Å². The lowest BCUT2D eigenvalue weighted by Crippen LogP contribution is -2.38. The molecule has 1 unspecified atom stereocenters. The van der Waals surface area contributed by atoms with Crippen molar-refractivity contribution in [2.24, 2.45) is 5.92 Å². The predicted octanol–water partition coefficient (Wildman–Crippen LogP) is -0.632. The standard InChI is InChI=1S/C7H9NO6/c1-13-7(10)6(8(11)12)4-2-5(9)14-3-4/h4,6H,2-3H2,1H3/t4-,6?/m0/s1. The number of carbonyl (C=O) groups excluding carboxylic acids is 2. The van der Waals surface area contributed by atoms with E-state index in [-0.39, 0.29) is 13.0 Å². The zero-order valence-electron chi connectivity index (χ0n) is 7.47. The molecular formula is C7H9NO6. The van der Waals surface area contributed by atoms with Crippen LogP contribution in [0.25, 0.3) is 0 Å². The first kappa shape index (κ1) is 10.4. The van der Waals surface area contributed by atoms with Crippen LogP contribution in [0.5, 0.6) is 0 Å². The van der Waals surface area contributed by atoms with Crippen LogP contribution in [0.1, 0.15) is 6.42 Å². The average molecular weight is 203 g/mol. The Balaban J connectivity index is 2.73. The number of cyclic esters (lactones) is 1. The second kappa shape index (κ2) is 4.03. The molecule has 78 valence electrons. The van der Waals surface area contributed by atoms with E-state index in [0.717, 1.165) is 7.11 Å². The van der Waals surface area contributed by atoms with Gasteiger partial charge in [0, 0.05) is 4.92 Å². The maximum absolute atomic E-state index is 11.0. The van der Waals surface area contributed by atoms with E-state index in [2.05, 4.69) is 9.47 Å². The molecule has 2 atom stereocenters. The zero-order chi connectivity index (χ0) is 10.7. The van der Waals surface area contributed by atoms with Crippen molar-refractivity contribution < 1.29 is 24.0 Å². The molecule has 1 heterocycles. The topological polar surface area (TPSA) is 95.7 Å². The molecule has 14 heavy (non-hydrogen) atoms. The summed E-state index contributed by atoms with van der Waals surface area (Å²) in [4.78, 5) is 31.5. The van der Waals surface area contributed by atoms with Crippen LogP contribution in [0.15, 0.2) is 0 Å². The first-order valence-electron chi connectivity index (χ1n) is 3.93. The fraction of sp³-hybridized carbons (Fsp3) is 0.714. The number of esters is 2. The number of rotatable bonds is 3. The number of hydrogen-bond donors (Lipinski definition) is 0. The molecule has 0 bridgehead atoms. The van der Waals surface area contributed by atoms with Crippen LogP contribution in [0.3, 0.4) is 0 Å². The number of hydrogen-bond acceptors (Lipinski definition) is 6. The van der Waals surface area contributed by atoms with Gasteiger partial charge in [0.05, 0.1) is 19.4 Å².